The lowest BCUT2D eigenvalue weighted by atomic mass is 10.0. The highest BCUT2D eigenvalue weighted by molar-refractivity contribution is 6.35. The Labute approximate surface area is 150 Å². The van der Waals surface area contributed by atoms with Gasteiger partial charge in [0, 0.05) is 24.4 Å². The van der Waals surface area contributed by atoms with Crippen molar-refractivity contribution in [2.75, 3.05) is 7.11 Å². The summed E-state index contributed by atoms with van der Waals surface area (Å²) < 4.78 is 7.35. The summed E-state index contributed by atoms with van der Waals surface area (Å²) in [5.74, 6) is 1.35. The highest BCUT2D eigenvalue weighted by Gasteiger charge is 2.27. The average molecular weight is 362 g/mol. The normalized spacial score (nSPS) is 14.3. The van der Waals surface area contributed by atoms with Gasteiger partial charge in [-0.05, 0) is 42.9 Å². The zero-order valence-electron chi connectivity index (χ0n) is 13.3. The summed E-state index contributed by atoms with van der Waals surface area (Å²) in [6.45, 7) is 0. The second kappa shape index (κ2) is 6.26. The van der Waals surface area contributed by atoms with Crippen LogP contribution in [0.1, 0.15) is 35.6 Å². The van der Waals surface area contributed by atoms with Gasteiger partial charge in [0.05, 0.1) is 28.4 Å². The fourth-order valence-electron chi connectivity index (χ4n) is 3.01. The predicted octanol–water partition coefficient (Wildman–Crippen LogP) is 4.71. The van der Waals surface area contributed by atoms with Gasteiger partial charge in [0.1, 0.15) is 0 Å². The van der Waals surface area contributed by atoms with Crippen molar-refractivity contribution in [3.05, 3.63) is 57.5 Å². The number of hydrogen-bond donors (Lipinski definition) is 0. The molecule has 1 fully saturated rings. The maximum atomic E-state index is 6.23. The van der Waals surface area contributed by atoms with E-state index >= 15 is 0 Å². The fraction of sp³-hybridized carbons (Fsp3) is 0.333. The Bertz CT molecular complexity index is 882. The van der Waals surface area contributed by atoms with E-state index in [1.165, 1.54) is 18.4 Å². The lowest BCUT2D eigenvalue weighted by Crippen LogP contribution is -2.01. The van der Waals surface area contributed by atoms with Crippen molar-refractivity contribution in [1.29, 1.82) is 0 Å². The van der Waals surface area contributed by atoms with Crippen LogP contribution in [0.25, 0.3) is 5.52 Å². The monoisotopic (exact) mass is 361 g/mol. The van der Waals surface area contributed by atoms with Gasteiger partial charge in [-0.25, -0.2) is 4.52 Å². The number of rotatable bonds is 5. The smallest absolute Gasteiger partial charge is 0.214 e. The first-order valence-corrected chi connectivity index (χ1v) is 8.76. The minimum atomic E-state index is 0.603. The Morgan fingerprint density at radius 2 is 1.92 bits per heavy atom. The van der Waals surface area contributed by atoms with E-state index in [1.54, 1.807) is 19.5 Å². The number of aromatic nitrogens is 3. The summed E-state index contributed by atoms with van der Waals surface area (Å²) in [6, 6.07) is 6.24. The minimum Gasteiger partial charge on any atom is -0.481 e. The van der Waals surface area contributed by atoms with Gasteiger partial charge in [0.25, 0.3) is 0 Å². The molecule has 0 spiro atoms. The molecule has 3 aromatic heterocycles. The number of aryl methyl sites for hydroxylation is 1. The fourth-order valence-corrected chi connectivity index (χ4v) is 3.56. The molecule has 0 atom stereocenters. The minimum absolute atomic E-state index is 0.603. The molecule has 0 amide bonds. The van der Waals surface area contributed by atoms with Gasteiger partial charge in [0.2, 0.25) is 5.88 Å². The summed E-state index contributed by atoms with van der Waals surface area (Å²) in [4.78, 5) is 4.01. The van der Waals surface area contributed by atoms with Gasteiger partial charge < -0.3 is 4.74 Å². The lowest BCUT2D eigenvalue weighted by Gasteiger charge is -2.09. The maximum Gasteiger partial charge on any atom is 0.214 e. The van der Waals surface area contributed by atoms with E-state index in [9.17, 15) is 0 Å². The van der Waals surface area contributed by atoms with Crippen LogP contribution >= 0.6 is 23.2 Å². The van der Waals surface area contributed by atoms with E-state index in [2.05, 4.69) is 17.1 Å². The molecule has 3 aromatic rings. The summed E-state index contributed by atoms with van der Waals surface area (Å²) >= 11 is 12.5. The van der Waals surface area contributed by atoms with Crippen LogP contribution < -0.4 is 4.74 Å². The molecule has 0 radical (unpaired) electrons. The van der Waals surface area contributed by atoms with E-state index in [0.29, 0.717) is 16.0 Å². The van der Waals surface area contributed by atoms with Gasteiger partial charge in [0.15, 0.2) is 0 Å². The van der Waals surface area contributed by atoms with E-state index in [-0.39, 0.29) is 0 Å². The molecule has 1 aliphatic carbocycles. The number of fused-ring (bicyclic) bond motifs is 1. The van der Waals surface area contributed by atoms with E-state index in [1.807, 2.05) is 10.6 Å². The van der Waals surface area contributed by atoms with Crippen molar-refractivity contribution in [2.24, 2.45) is 0 Å². The van der Waals surface area contributed by atoms with Crippen LogP contribution in [0.3, 0.4) is 0 Å². The summed E-state index contributed by atoms with van der Waals surface area (Å²) in [7, 11) is 1.67. The zero-order chi connectivity index (χ0) is 16.7. The van der Waals surface area contributed by atoms with Crippen LogP contribution in [-0.4, -0.2) is 21.7 Å². The highest BCUT2D eigenvalue weighted by atomic mass is 35.5. The van der Waals surface area contributed by atoms with E-state index in [4.69, 9.17) is 33.0 Å². The molecule has 0 aromatic carbocycles. The quantitative estimate of drug-likeness (QED) is 0.660. The SMILES string of the molecule is COc1ccc(CCc2c(Cl)cncc2Cl)c2cc(C3CC3)nn12. The Hall–Kier alpha value is -1.78. The Kier molecular flexibility index (Phi) is 4.10. The molecule has 0 saturated heterocycles. The molecule has 4 rings (SSSR count). The highest BCUT2D eigenvalue weighted by Crippen LogP contribution is 2.40. The third-order valence-electron chi connectivity index (χ3n) is 4.49. The van der Waals surface area contributed by atoms with Gasteiger partial charge in [-0.3, -0.25) is 4.98 Å². The molecule has 0 unspecified atom stereocenters. The summed E-state index contributed by atoms with van der Waals surface area (Å²) in [5.41, 5.74) is 4.39. The van der Waals surface area contributed by atoms with Gasteiger partial charge in [-0.15, -0.1) is 0 Å². The second-order valence-electron chi connectivity index (χ2n) is 6.12. The number of ether oxygens (including phenoxy) is 1. The van der Waals surface area contributed by atoms with Gasteiger partial charge in [-0.1, -0.05) is 29.3 Å². The first kappa shape index (κ1) is 15.7. The summed E-state index contributed by atoms with van der Waals surface area (Å²) in [6.07, 6.45) is 7.30. The Morgan fingerprint density at radius 1 is 1.17 bits per heavy atom. The second-order valence-corrected chi connectivity index (χ2v) is 6.94. The molecule has 124 valence electrons. The third kappa shape index (κ3) is 2.85. The van der Waals surface area contributed by atoms with Crippen molar-refractivity contribution in [1.82, 2.24) is 14.6 Å². The number of hydrogen-bond acceptors (Lipinski definition) is 3. The molecule has 0 aliphatic heterocycles. The molecule has 1 saturated carbocycles. The Morgan fingerprint density at radius 3 is 2.58 bits per heavy atom. The van der Waals surface area contributed by atoms with Gasteiger partial charge in [-0.2, -0.15) is 5.10 Å². The Balaban J connectivity index is 1.69. The first-order chi connectivity index (χ1) is 11.7. The molecule has 1 aliphatic rings. The number of pyridine rings is 2. The molecule has 0 bridgehead atoms. The maximum absolute atomic E-state index is 6.23. The van der Waals surface area contributed by atoms with Crippen LogP contribution in [0.5, 0.6) is 5.88 Å². The lowest BCUT2D eigenvalue weighted by molar-refractivity contribution is 0.385. The zero-order valence-corrected chi connectivity index (χ0v) is 14.8. The predicted molar refractivity (Wildman–Crippen MR) is 95.4 cm³/mol. The topological polar surface area (TPSA) is 39.4 Å². The van der Waals surface area contributed by atoms with Crippen LogP contribution in [0.2, 0.25) is 10.0 Å². The van der Waals surface area contributed by atoms with Crippen molar-refractivity contribution in [2.45, 2.75) is 31.6 Å². The average Bonchev–Trinajstić information content (AvgIpc) is 3.33. The molecule has 24 heavy (non-hydrogen) atoms. The van der Waals surface area contributed by atoms with Crippen LogP contribution in [-0.2, 0) is 12.8 Å². The standard InChI is InChI=1S/C18H17Cl2N3O/c1-24-18-7-5-12(4-6-13-14(19)9-21-10-15(13)20)17-8-16(11-2-3-11)22-23(17)18/h5,7-11H,2-4,6H2,1H3. The molecule has 6 heteroatoms. The molecule has 0 N–H and O–H groups in total. The molecule has 3 heterocycles. The van der Waals surface area contributed by atoms with Crippen molar-refractivity contribution in [3.8, 4) is 5.88 Å². The largest absolute Gasteiger partial charge is 0.481 e. The van der Waals surface area contributed by atoms with Crippen LogP contribution in [0.4, 0.5) is 0 Å². The van der Waals surface area contributed by atoms with Crippen LogP contribution in [0.15, 0.2) is 30.6 Å². The number of halogens is 2. The number of nitrogens with zero attached hydrogens (tertiary/aromatic N) is 3. The molecular weight excluding hydrogens is 345 g/mol. The third-order valence-corrected chi connectivity index (χ3v) is 5.15. The van der Waals surface area contributed by atoms with Gasteiger partial charge >= 0.3 is 0 Å². The van der Waals surface area contributed by atoms with Crippen molar-refractivity contribution in [3.63, 3.8) is 0 Å². The molecule has 4 nitrogen and oxygen atoms in total. The number of methoxy groups -OCH3 is 1. The van der Waals surface area contributed by atoms with Crippen molar-refractivity contribution >= 4 is 28.7 Å². The first-order valence-electron chi connectivity index (χ1n) is 8.01. The van der Waals surface area contributed by atoms with E-state index in [0.717, 1.165) is 35.5 Å². The summed E-state index contributed by atoms with van der Waals surface area (Å²) in [5, 5.41) is 5.95. The van der Waals surface area contributed by atoms with Crippen molar-refractivity contribution < 1.29 is 4.74 Å². The molecular formula is C18H17Cl2N3O. The van der Waals surface area contributed by atoms with E-state index < -0.39 is 0 Å². The van der Waals surface area contributed by atoms with Crippen LogP contribution in [0, 0.1) is 0 Å².